The number of carboxylic acids is 1. The van der Waals surface area contributed by atoms with Gasteiger partial charge in [-0.2, -0.15) is 4.98 Å². The zero-order valence-corrected chi connectivity index (χ0v) is 10.5. The van der Waals surface area contributed by atoms with Gasteiger partial charge in [-0.15, -0.1) is 0 Å². The molecule has 0 amide bonds. The predicted octanol–water partition coefficient (Wildman–Crippen LogP) is 2.36. The second-order valence-corrected chi connectivity index (χ2v) is 3.95. The molecular formula is C13H14N2O4. The summed E-state index contributed by atoms with van der Waals surface area (Å²) in [5, 5.41) is 12.7. The Kier molecular flexibility index (Phi) is 4.25. The van der Waals surface area contributed by atoms with E-state index in [0.29, 0.717) is 18.0 Å². The van der Waals surface area contributed by atoms with Gasteiger partial charge in [0.15, 0.2) is 5.82 Å². The van der Waals surface area contributed by atoms with E-state index in [0.717, 1.165) is 6.42 Å². The van der Waals surface area contributed by atoms with E-state index in [1.807, 2.05) is 6.92 Å². The molecule has 6 heteroatoms. The lowest BCUT2D eigenvalue weighted by atomic mass is 10.1. The minimum atomic E-state index is -0.993. The second kappa shape index (κ2) is 6.10. The molecule has 2 aromatic rings. The molecule has 0 aliphatic carbocycles. The Morgan fingerprint density at radius 1 is 1.47 bits per heavy atom. The van der Waals surface area contributed by atoms with Gasteiger partial charge in [0.2, 0.25) is 0 Å². The maximum atomic E-state index is 10.9. The van der Waals surface area contributed by atoms with E-state index < -0.39 is 5.97 Å². The van der Waals surface area contributed by atoms with Gasteiger partial charge in [0.05, 0.1) is 5.56 Å². The first-order valence-corrected chi connectivity index (χ1v) is 5.94. The number of benzene rings is 1. The van der Waals surface area contributed by atoms with Crippen LogP contribution in [-0.4, -0.2) is 27.8 Å². The Hall–Kier alpha value is -2.21. The van der Waals surface area contributed by atoms with E-state index in [2.05, 4.69) is 10.1 Å². The van der Waals surface area contributed by atoms with Gasteiger partial charge in [-0.3, -0.25) is 0 Å². The average molecular weight is 262 g/mol. The van der Waals surface area contributed by atoms with Crippen LogP contribution in [0, 0.1) is 0 Å². The SMILES string of the molecule is CCCOCc1noc(-c2cccc(C(=O)O)c2)n1. The number of carboxylic acid groups (broad SMARTS) is 1. The third kappa shape index (κ3) is 3.38. The smallest absolute Gasteiger partial charge is 0.335 e. The fourth-order valence-corrected chi connectivity index (χ4v) is 1.52. The number of rotatable bonds is 6. The highest BCUT2D eigenvalue weighted by atomic mass is 16.5. The van der Waals surface area contributed by atoms with Crippen molar-refractivity contribution in [1.82, 2.24) is 10.1 Å². The van der Waals surface area contributed by atoms with E-state index >= 15 is 0 Å². The molecule has 0 aliphatic rings. The molecule has 1 N–H and O–H groups in total. The van der Waals surface area contributed by atoms with E-state index in [9.17, 15) is 4.79 Å². The maximum absolute atomic E-state index is 10.9. The maximum Gasteiger partial charge on any atom is 0.335 e. The Labute approximate surface area is 110 Å². The van der Waals surface area contributed by atoms with Gasteiger partial charge in [-0.25, -0.2) is 4.79 Å². The van der Waals surface area contributed by atoms with E-state index in [1.54, 1.807) is 12.1 Å². The monoisotopic (exact) mass is 262 g/mol. The van der Waals surface area contributed by atoms with Crippen LogP contribution in [0.1, 0.15) is 29.5 Å². The first-order valence-electron chi connectivity index (χ1n) is 5.94. The number of carbonyl (C=O) groups is 1. The van der Waals surface area contributed by atoms with Crippen LogP contribution in [0.2, 0.25) is 0 Å². The van der Waals surface area contributed by atoms with Crippen LogP contribution in [0.25, 0.3) is 11.5 Å². The summed E-state index contributed by atoms with van der Waals surface area (Å²) in [6.45, 7) is 2.94. The molecule has 0 bridgehead atoms. The molecule has 19 heavy (non-hydrogen) atoms. The Morgan fingerprint density at radius 2 is 2.32 bits per heavy atom. The van der Waals surface area contributed by atoms with Crippen LogP contribution in [-0.2, 0) is 11.3 Å². The summed E-state index contributed by atoms with van der Waals surface area (Å²) in [5.41, 5.74) is 0.758. The molecular weight excluding hydrogens is 248 g/mol. The summed E-state index contributed by atoms with van der Waals surface area (Å²) in [6, 6.07) is 6.35. The quantitative estimate of drug-likeness (QED) is 0.804. The molecule has 0 fully saturated rings. The summed E-state index contributed by atoms with van der Waals surface area (Å²) >= 11 is 0. The van der Waals surface area contributed by atoms with Gasteiger partial charge in [-0.1, -0.05) is 18.1 Å². The zero-order chi connectivity index (χ0) is 13.7. The molecule has 1 aromatic heterocycles. The summed E-state index contributed by atoms with van der Waals surface area (Å²) in [4.78, 5) is 15.0. The highest BCUT2D eigenvalue weighted by Gasteiger charge is 2.11. The van der Waals surface area contributed by atoms with Crippen LogP contribution in [0.5, 0.6) is 0 Å². The topological polar surface area (TPSA) is 85.5 Å². The lowest BCUT2D eigenvalue weighted by Gasteiger charge is -1.97. The number of hydrogen-bond acceptors (Lipinski definition) is 5. The molecule has 2 rings (SSSR count). The lowest BCUT2D eigenvalue weighted by molar-refractivity contribution is 0.0697. The average Bonchev–Trinajstić information content (AvgIpc) is 2.88. The number of aromatic carboxylic acids is 1. The number of ether oxygens (including phenoxy) is 1. The second-order valence-electron chi connectivity index (χ2n) is 3.95. The minimum absolute atomic E-state index is 0.180. The van der Waals surface area contributed by atoms with Gasteiger partial charge >= 0.3 is 5.97 Å². The van der Waals surface area contributed by atoms with E-state index in [4.69, 9.17) is 14.4 Å². The Bertz CT molecular complexity index is 565. The molecule has 100 valence electrons. The van der Waals surface area contributed by atoms with Crippen molar-refractivity contribution in [3.8, 4) is 11.5 Å². The normalized spacial score (nSPS) is 10.6. The molecule has 0 saturated heterocycles. The fraction of sp³-hybridized carbons (Fsp3) is 0.308. The van der Waals surface area contributed by atoms with Gasteiger partial charge in [-0.05, 0) is 24.6 Å². The summed E-state index contributed by atoms with van der Waals surface area (Å²) in [7, 11) is 0. The zero-order valence-electron chi connectivity index (χ0n) is 10.5. The number of nitrogens with zero attached hydrogens (tertiary/aromatic N) is 2. The Morgan fingerprint density at radius 3 is 3.05 bits per heavy atom. The molecule has 6 nitrogen and oxygen atoms in total. The molecule has 0 unspecified atom stereocenters. The van der Waals surface area contributed by atoms with Crippen LogP contribution >= 0.6 is 0 Å². The van der Waals surface area contributed by atoms with Crippen molar-refractivity contribution in [2.75, 3.05) is 6.61 Å². The molecule has 0 radical (unpaired) electrons. The van der Waals surface area contributed by atoms with Crippen molar-refractivity contribution in [1.29, 1.82) is 0 Å². The molecule has 0 spiro atoms. The minimum Gasteiger partial charge on any atom is -0.478 e. The number of aromatic nitrogens is 2. The Balaban J connectivity index is 2.13. The van der Waals surface area contributed by atoms with Crippen LogP contribution in [0.15, 0.2) is 28.8 Å². The van der Waals surface area contributed by atoms with Gasteiger partial charge in [0, 0.05) is 12.2 Å². The molecule has 0 atom stereocenters. The van der Waals surface area contributed by atoms with E-state index in [-0.39, 0.29) is 18.1 Å². The van der Waals surface area contributed by atoms with Crippen molar-refractivity contribution < 1.29 is 19.2 Å². The fourth-order valence-electron chi connectivity index (χ4n) is 1.52. The lowest BCUT2D eigenvalue weighted by Crippen LogP contribution is -1.96. The van der Waals surface area contributed by atoms with Crippen molar-refractivity contribution in [2.45, 2.75) is 20.0 Å². The van der Waals surface area contributed by atoms with E-state index in [1.165, 1.54) is 12.1 Å². The van der Waals surface area contributed by atoms with Crippen LogP contribution in [0.3, 0.4) is 0 Å². The summed E-state index contributed by atoms with van der Waals surface area (Å²) in [6.07, 6.45) is 0.922. The summed E-state index contributed by atoms with van der Waals surface area (Å²) in [5.74, 6) is -0.254. The molecule has 1 heterocycles. The first kappa shape index (κ1) is 13.2. The van der Waals surface area contributed by atoms with Crippen molar-refractivity contribution in [2.24, 2.45) is 0 Å². The molecule has 0 aliphatic heterocycles. The third-order valence-electron chi connectivity index (χ3n) is 2.40. The van der Waals surface area contributed by atoms with Crippen molar-refractivity contribution >= 4 is 5.97 Å². The number of hydrogen-bond donors (Lipinski definition) is 1. The standard InChI is InChI=1S/C13H14N2O4/c1-2-6-18-8-11-14-12(19-15-11)9-4-3-5-10(7-9)13(16)17/h3-5,7H,2,6,8H2,1H3,(H,16,17). The first-order chi connectivity index (χ1) is 9.20. The van der Waals surface area contributed by atoms with Gasteiger partial charge < -0.3 is 14.4 Å². The highest BCUT2D eigenvalue weighted by molar-refractivity contribution is 5.88. The predicted molar refractivity (Wildman–Crippen MR) is 66.6 cm³/mol. The molecule has 1 aromatic carbocycles. The largest absolute Gasteiger partial charge is 0.478 e. The van der Waals surface area contributed by atoms with Gasteiger partial charge in [0.1, 0.15) is 6.61 Å². The van der Waals surface area contributed by atoms with Crippen molar-refractivity contribution in [3.63, 3.8) is 0 Å². The third-order valence-corrected chi connectivity index (χ3v) is 2.40. The van der Waals surface area contributed by atoms with Crippen molar-refractivity contribution in [3.05, 3.63) is 35.7 Å². The van der Waals surface area contributed by atoms with Gasteiger partial charge in [0.25, 0.3) is 5.89 Å². The highest BCUT2D eigenvalue weighted by Crippen LogP contribution is 2.18. The van der Waals surface area contributed by atoms with Crippen LogP contribution in [0.4, 0.5) is 0 Å². The molecule has 0 saturated carbocycles. The summed E-state index contributed by atoms with van der Waals surface area (Å²) < 4.78 is 10.4. The van der Waals surface area contributed by atoms with Crippen LogP contribution < -0.4 is 0 Å².